The fourth-order valence-corrected chi connectivity index (χ4v) is 2.15. The molecule has 0 fully saturated rings. The van der Waals surface area contributed by atoms with Crippen molar-refractivity contribution in [3.63, 3.8) is 0 Å². The van der Waals surface area contributed by atoms with Crippen LogP contribution in [-0.2, 0) is 14.3 Å². The number of hydrogen-bond acceptors (Lipinski definition) is 3. The largest absolute Gasteiger partial charge is 0.381 e. The molecule has 1 amide bonds. The Labute approximate surface area is 102 Å². The number of nitrogens with one attached hydrogen (secondary N) is 1. The molecule has 1 N–H and O–H groups in total. The molecule has 0 aromatic heterocycles. The van der Waals surface area contributed by atoms with Gasteiger partial charge >= 0.3 is 0 Å². The molecule has 0 heterocycles. The second-order valence-electron chi connectivity index (χ2n) is 4.49. The van der Waals surface area contributed by atoms with Gasteiger partial charge in [0.25, 0.3) is 0 Å². The Morgan fingerprint density at radius 3 is 2.71 bits per heavy atom. The van der Waals surface area contributed by atoms with Gasteiger partial charge in [-0.1, -0.05) is 13.0 Å². The van der Waals surface area contributed by atoms with Gasteiger partial charge in [-0.2, -0.15) is 0 Å². The van der Waals surface area contributed by atoms with E-state index in [0.29, 0.717) is 6.42 Å². The van der Waals surface area contributed by atoms with Crippen molar-refractivity contribution >= 4 is 11.7 Å². The molecule has 0 saturated heterocycles. The molecule has 1 aliphatic rings. The first-order valence-electron chi connectivity index (χ1n) is 6.05. The highest BCUT2D eigenvalue weighted by molar-refractivity contribution is 5.97. The molecule has 0 aliphatic heterocycles. The minimum atomic E-state index is -0.0859. The van der Waals surface area contributed by atoms with Crippen LogP contribution >= 0.6 is 0 Å². The number of carbonyl (C=O) groups is 2. The number of hydrogen-bond donors (Lipinski definition) is 1. The summed E-state index contributed by atoms with van der Waals surface area (Å²) in [5.41, 5.74) is 0.863. The summed E-state index contributed by atoms with van der Waals surface area (Å²) in [5.74, 6) is 0.235. The highest BCUT2D eigenvalue weighted by Crippen LogP contribution is 2.27. The summed E-state index contributed by atoms with van der Waals surface area (Å²) in [6.07, 6.45) is 4.44. The van der Waals surface area contributed by atoms with Crippen LogP contribution in [0.2, 0.25) is 0 Å². The average Bonchev–Trinajstić information content (AvgIpc) is 2.35. The topological polar surface area (TPSA) is 55.4 Å². The first-order valence-corrected chi connectivity index (χ1v) is 6.05. The number of amides is 1. The molecule has 4 nitrogen and oxygen atoms in total. The molecule has 0 spiro atoms. The van der Waals surface area contributed by atoms with Crippen molar-refractivity contribution in [3.8, 4) is 0 Å². The lowest BCUT2D eigenvalue weighted by Crippen LogP contribution is -2.25. The van der Waals surface area contributed by atoms with Gasteiger partial charge in [-0.05, 0) is 24.3 Å². The van der Waals surface area contributed by atoms with Gasteiger partial charge in [0.05, 0.1) is 6.10 Å². The lowest BCUT2D eigenvalue weighted by Gasteiger charge is -2.25. The van der Waals surface area contributed by atoms with Gasteiger partial charge < -0.3 is 10.1 Å². The Balaban J connectivity index is 2.52. The van der Waals surface area contributed by atoms with E-state index >= 15 is 0 Å². The Hall–Kier alpha value is -1.16. The van der Waals surface area contributed by atoms with Crippen molar-refractivity contribution in [2.24, 2.45) is 5.92 Å². The van der Waals surface area contributed by atoms with Crippen LogP contribution in [0.15, 0.2) is 11.6 Å². The second kappa shape index (κ2) is 6.55. The molecule has 0 aromatic rings. The van der Waals surface area contributed by atoms with E-state index in [0.717, 1.165) is 18.4 Å². The fraction of sp³-hybridized carbons (Fsp3) is 0.692. The zero-order valence-corrected chi connectivity index (χ0v) is 10.8. The van der Waals surface area contributed by atoms with Gasteiger partial charge in [0, 0.05) is 27.0 Å². The van der Waals surface area contributed by atoms with Crippen LogP contribution in [0, 0.1) is 5.92 Å². The summed E-state index contributed by atoms with van der Waals surface area (Å²) in [6.45, 7) is 2.04. The van der Waals surface area contributed by atoms with Gasteiger partial charge in [0.1, 0.15) is 0 Å². The van der Waals surface area contributed by atoms with Gasteiger partial charge in [0.2, 0.25) is 5.91 Å². The first-order chi connectivity index (χ1) is 8.08. The third-order valence-corrected chi connectivity index (χ3v) is 3.26. The van der Waals surface area contributed by atoms with Crippen LogP contribution in [0.5, 0.6) is 0 Å². The van der Waals surface area contributed by atoms with E-state index in [4.69, 9.17) is 4.74 Å². The highest BCUT2D eigenvalue weighted by atomic mass is 16.5. The smallest absolute Gasteiger partial charge is 0.220 e. The van der Waals surface area contributed by atoms with E-state index in [9.17, 15) is 9.59 Å². The van der Waals surface area contributed by atoms with Gasteiger partial charge in [-0.25, -0.2) is 0 Å². The maximum Gasteiger partial charge on any atom is 0.220 e. The van der Waals surface area contributed by atoms with Gasteiger partial charge in [0.15, 0.2) is 5.78 Å². The maximum absolute atomic E-state index is 11.9. The van der Waals surface area contributed by atoms with E-state index in [1.807, 2.05) is 13.0 Å². The molecule has 0 radical (unpaired) electrons. The van der Waals surface area contributed by atoms with E-state index in [-0.39, 0.29) is 30.1 Å². The quantitative estimate of drug-likeness (QED) is 0.790. The first kappa shape index (κ1) is 13.9. The van der Waals surface area contributed by atoms with E-state index < -0.39 is 0 Å². The zero-order valence-electron chi connectivity index (χ0n) is 10.8. The average molecular weight is 239 g/mol. The van der Waals surface area contributed by atoms with E-state index in [2.05, 4.69) is 5.32 Å². The number of allylic oxidation sites excluding steroid dienone is 1. The number of ketones is 1. The molecule has 2 unspecified atom stereocenters. The van der Waals surface area contributed by atoms with Crippen LogP contribution in [-0.4, -0.2) is 32.0 Å². The van der Waals surface area contributed by atoms with Crippen molar-refractivity contribution in [1.29, 1.82) is 0 Å². The summed E-state index contributed by atoms with van der Waals surface area (Å²) < 4.78 is 5.29. The van der Waals surface area contributed by atoms with Crippen molar-refractivity contribution in [2.45, 2.75) is 38.7 Å². The number of carbonyl (C=O) groups excluding carboxylic acids is 2. The lowest BCUT2D eigenvalue weighted by molar-refractivity contribution is -0.124. The molecule has 1 rings (SSSR count). The Bertz CT molecular complexity index is 323. The molecule has 17 heavy (non-hydrogen) atoms. The lowest BCUT2D eigenvalue weighted by atomic mass is 9.84. The number of Topliss-reactive ketones (excluding diaryl/α,β-unsaturated/α-hetero) is 1. The molecule has 0 aromatic carbocycles. The third kappa shape index (κ3) is 3.97. The Morgan fingerprint density at radius 2 is 2.18 bits per heavy atom. The SMILES string of the molecule is CNC(=O)CCC(=O)C1=CCC(OC)CC1C. The normalized spacial score (nSPS) is 24.1. The predicted octanol–water partition coefficient (Wildman–Crippen LogP) is 1.45. The summed E-state index contributed by atoms with van der Waals surface area (Å²) >= 11 is 0. The minimum Gasteiger partial charge on any atom is -0.381 e. The molecule has 2 atom stereocenters. The molecule has 0 bridgehead atoms. The summed E-state index contributed by atoms with van der Waals surface area (Å²) in [5, 5.41) is 2.52. The van der Waals surface area contributed by atoms with Crippen LogP contribution in [0.3, 0.4) is 0 Å². The summed E-state index contributed by atoms with van der Waals surface area (Å²) in [4.78, 5) is 23.0. The molecular formula is C13H21NO3. The second-order valence-corrected chi connectivity index (χ2v) is 4.49. The predicted molar refractivity (Wildman–Crippen MR) is 65.6 cm³/mol. The molecule has 0 saturated carbocycles. The summed E-state index contributed by atoms with van der Waals surface area (Å²) in [7, 11) is 3.28. The van der Waals surface area contributed by atoms with Crippen molar-refractivity contribution in [3.05, 3.63) is 11.6 Å². The zero-order chi connectivity index (χ0) is 12.8. The standard InChI is InChI=1S/C13H21NO3/c1-9-8-10(17-3)4-5-11(9)12(15)6-7-13(16)14-2/h5,9-10H,4,6-8H2,1-3H3,(H,14,16). The van der Waals surface area contributed by atoms with Crippen LogP contribution in [0.1, 0.15) is 32.6 Å². The van der Waals surface area contributed by atoms with Gasteiger partial charge in [-0.15, -0.1) is 0 Å². The third-order valence-electron chi connectivity index (χ3n) is 3.26. The number of methoxy groups -OCH3 is 1. The molecule has 96 valence electrons. The van der Waals surface area contributed by atoms with Crippen LogP contribution in [0.4, 0.5) is 0 Å². The Kier molecular flexibility index (Phi) is 5.35. The highest BCUT2D eigenvalue weighted by Gasteiger charge is 2.24. The van der Waals surface area contributed by atoms with Crippen LogP contribution in [0.25, 0.3) is 0 Å². The number of ether oxygens (including phenoxy) is 1. The minimum absolute atomic E-state index is 0.0859. The molecule has 4 heteroatoms. The molecule has 1 aliphatic carbocycles. The fourth-order valence-electron chi connectivity index (χ4n) is 2.15. The van der Waals surface area contributed by atoms with E-state index in [1.54, 1.807) is 14.2 Å². The number of rotatable bonds is 5. The van der Waals surface area contributed by atoms with Crippen molar-refractivity contribution in [1.82, 2.24) is 5.32 Å². The van der Waals surface area contributed by atoms with E-state index in [1.165, 1.54) is 0 Å². The van der Waals surface area contributed by atoms with Crippen LogP contribution < -0.4 is 5.32 Å². The monoisotopic (exact) mass is 239 g/mol. The van der Waals surface area contributed by atoms with Crippen molar-refractivity contribution < 1.29 is 14.3 Å². The van der Waals surface area contributed by atoms with Gasteiger partial charge in [-0.3, -0.25) is 9.59 Å². The Morgan fingerprint density at radius 1 is 1.47 bits per heavy atom. The van der Waals surface area contributed by atoms with Crippen molar-refractivity contribution in [2.75, 3.05) is 14.2 Å². The summed E-state index contributed by atoms with van der Waals surface area (Å²) in [6, 6.07) is 0. The maximum atomic E-state index is 11.9. The molecular weight excluding hydrogens is 218 g/mol.